The number of benzene rings is 1. The molecule has 0 fully saturated rings. The van der Waals surface area contributed by atoms with Gasteiger partial charge in [0.25, 0.3) is 0 Å². The van der Waals surface area contributed by atoms with E-state index in [-0.39, 0.29) is 0 Å². The van der Waals surface area contributed by atoms with Gasteiger partial charge < -0.3 is 4.74 Å². The number of nitrogens with zero attached hydrogens (tertiary/aromatic N) is 2. The van der Waals surface area contributed by atoms with E-state index in [9.17, 15) is 4.21 Å². The lowest BCUT2D eigenvalue weighted by molar-refractivity contribution is 0.342. The Labute approximate surface area is 120 Å². The van der Waals surface area contributed by atoms with Crippen LogP contribution in [0.25, 0.3) is 0 Å². The largest absolute Gasteiger partial charge is 0.493 e. The molecule has 0 N–H and O–H groups in total. The van der Waals surface area contributed by atoms with E-state index >= 15 is 0 Å². The van der Waals surface area contributed by atoms with E-state index in [1.807, 2.05) is 31.4 Å². The van der Waals surface area contributed by atoms with Crippen molar-refractivity contribution in [3.8, 4) is 11.8 Å². The highest BCUT2D eigenvalue weighted by Crippen LogP contribution is 2.31. The van der Waals surface area contributed by atoms with Crippen molar-refractivity contribution in [3.05, 3.63) is 18.2 Å². The molecule has 4 nitrogen and oxygen atoms in total. The summed E-state index contributed by atoms with van der Waals surface area (Å²) in [5.41, 5.74) is 0.749. The van der Waals surface area contributed by atoms with Crippen LogP contribution in [0.2, 0.25) is 0 Å². The zero-order valence-electron chi connectivity index (χ0n) is 11.0. The number of nitriles is 1. The minimum Gasteiger partial charge on any atom is -0.493 e. The van der Waals surface area contributed by atoms with Crippen LogP contribution in [0.5, 0.6) is 5.75 Å². The van der Waals surface area contributed by atoms with Gasteiger partial charge in [-0.05, 0) is 24.5 Å². The lowest BCUT2D eigenvalue weighted by Crippen LogP contribution is -2.09. The van der Waals surface area contributed by atoms with Crippen LogP contribution in [0.4, 0.5) is 5.69 Å². The average molecular weight is 296 g/mol. The van der Waals surface area contributed by atoms with Gasteiger partial charge in [0.2, 0.25) is 0 Å². The first-order valence-corrected chi connectivity index (χ1v) is 8.50. The van der Waals surface area contributed by atoms with Gasteiger partial charge in [0, 0.05) is 21.4 Å². The number of thioether (sulfide) groups is 1. The second-order valence-electron chi connectivity index (χ2n) is 3.50. The Bertz CT molecular complexity index is 510. The van der Waals surface area contributed by atoms with E-state index in [1.165, 1.54) is 6.21 Å². The molecule has 1 unspecified atom stereocenters. The molecule has 6 heteroatoms. The molecule has 1 rings (SSSR count). The molecular formula is C13H16N2O2S2. The SMILES string of the molecule is CCS(=O)CCOc1ccc(N=CC#N)c(SC)c1. The second-order valence-corrected chi connectivity index (χ2v) is 6.22. The first-order valence-electron chi connectivity index (χ1n) is 5.79. The third kappa shape index (κ3) is 5.45. The summed E-state index contributed by atoms with van der Waals surface area (Å²) in [5.74, 6) is 1.93. The molecule has 1 aromatic carbocycles. The maximum atomic E-state index is 11.3. The molecule has 19 heavy (non-hydrogen) atoms. The molecule has 0 spiro atoms. The Morgan fingerprint density at radius 2 is 2.37 bits per heavy atom. The number of aliphatic imine (C=N–C) groups is 1. The third-order valence-electron chi connectivity index (χ3n) is 2.31. The van der Waals surface area contributed by atoms with Crippen molar-refractivity contribution in [1.29, 1.82) is 5.26 Å². The van der Waals surface area contributed by atoms with Crippen molar-refractivity contribution < 1.29 is 8.95 Å². The lowest BCUT2D eigenvalue weighted by Gasteiger charge is -2.08. The van der Waals surface area contributed by atoms with Crippen molar-refractivity contribution in [1.82, 2.24) is 0 Å². The van der Waals surface area contributed by atoms with Crippen LogP contribution >= 0.6 is 11.8 Å². The maximum Gasteiger partial charge on any atom is 0.120 e. The average Bonchev–Trinajstić information content (AvgIpc) is 2.45. The maximum absolute atomic E-state index is 11.3. The fourth-order valence-electron chi connectivity index (χ4n) is 1.35. The standard InChI is InChI=1S/C13H16N2O2S2/c1-3-19(16)9-8-17-11-4-5-12(15-7-6-14)13(10-11)18-2/h4-5,7,10H,3,8-9H2,1-2H3. The molecule has 0 amide bonds. The van der Waals surface area contributed by atoms with Crippen molar-refractivity contribution >= 4 is 34.5 Å². The topological polar surface area (TPSA) is 62.4 Å². The summed E-state index contributed by atoms with van der Waals surface area (Å²) in [6, 6.07) is 7.36. The minimum absolute atomic E-state index is 0.440. The predicted molar refractivity (Wildman–Crippen MR) is 81.0 cm³/mol. The minimum atomic E-state index is -0.806. The van der Waals surface area contributed by atoms with Crippen molar-refractivity contribution in [2.24, 2.45) is 4.99 Å². The van der Waals surface area contributed by atoms with E-state index in [1.54, 1.807) is 17.8 Å². The van der Waals surface area contributed by atoms with Crippen molar-refractivity contribution in [3.63, 3.8) is 0 Å². The summed E-state index contributed by atoms with van der Waals surface area (Å²) in [4.78, 5) is 4.99. The molecule has 0 radical (unpaired) electrons. The predicted octanol–water partition coefficient (Wildman–Crippen LogP) is 2.78. The molecule has 102 valence electrons. The van der Waals surface area contributed by atoms with Gasteiger partial charge in [-0.3, -0.25) is 4.21 Å². The van der Waals surface area contributed by atoms with Gasteiger partial charge in [0.05, 0.1) is 18.0 Å². The van der Waals surface area contributed by atoms with Crippen LogP contribution in [-0.2, 0) is 10.8 Å². The van der Waals surface area contributed by atoms with Gasteiger partial charge in [0.15, 0.2) is 0 Å². The van der Waals surface area contributed by atoms with Crippen molar-refractivity contribution in [2.75, 3.05) is 24.4 Å². The number of hydrogen-bond acceptors (Lipinski definition) is 5. The van der Waals surface area contributed by atoms with Crippen LogP contribution in [0.15, 0.2) is 28.1 Å². The van der Waals surface area contributed by atoms with Crippen molar-refractivity contribution in [2.45, 2.75) is 11.8 Å². The second kappa shape index (κ2) is 8.73. The monoisotopic (exact) mass is 296 g/mol. The Morgan fingerprint density at radius 3 is 3.00 bits per heavy atom. The summed E-state index contributed by atoms with van der Waals surface area (Å²) in [7, 11) is -0.806. The van der Waals surface area contributed by atoms with Gasteiger partial charge in [-0.1, -0.05) is 6.92 Å². The molecule has 0 aliphatic heterocycles. The smallest absolute Gasteiger partial charge is 0.120 e. The van der Waals surface area contributed by atoms with Crippen LogP contribution in [0.1, 0.15) is 6.92 Å². The van der Waals surface area contributed by atoms with Crippen LogP contribution < -0.4 is 4.74 Å². The molecule has 0 aromatic heterocycles. The third-order valence-corrected chi connectivity index (χ3v) is 4.35. The number of hydrogen-bond donors (Lipinski definition) is 0. The summed E-state index contributed by atoms with van der Waals surface area (Å²) < 4.78 is 16.8. The molecule has 0 bridgehead atoms. The molecule has 0 saturated heterocycles. The van der Waals surface area contributed by atoms with Gasteiger partial charge in [-0.2, -0.15) is 5.26 Å². The molecule has 1 aromatic rings. The van der Waals surface area contributed by atoms with E-state index in [0.717, 1.165) is 16.3 Å². The van der Waals surface area contributed by atoms with Crippen LogP contribution in [0, 0.1) is 11.3 Å². The van der Waals surface area contributed by atoms with Crippen LogP contribution in [-0.4, -0.2) is 34.8 Å². The molecule has 0 heterocycles. The zero-order chi connectivity index (χ0) is 14.1. The highest BCUT2D eigenvalue weighted by atomic mass is 32.2. The molecule has 0 aliphatic rings. The highest BCUT2D eigenvalue weighted by molar-refractivity contribution is 7.98. The van der Waals surface area contributed by atoms with Gasteiger partial charge in [0.1, 0.15) is 18.0 Å². The molecule has 0 aliphatic carbocycles. The van der Waals surface area contributed by atoms with E-state index in [0.29, 0.717) is 18.1 Å². The Morgan fingerprint density at radius 1 is 1.58 bits per heavy atom. The number of ether oxygens (including phenoxy) is 1. The first kappa shape index (κ1) is 15.7. The molecule has 0 saturated carbocycles. The normalized spacial score (nSPS) is 12.3. The summed E-state index contributed by atoms with van der Waals surface area (Å²) in [6.45, 7) is 2.33. The Balaban J connectivity index is 2.69. The fraction of sp³-hybridized carbons (Fsp3) is 0.385. The summed E-state index contributed by atoms with van der Waals surface area (Å²) in [5, 5.41) is 8.48. The quantitative estimate of drug-likeness (QED) is 0.573. The van der Waals surface area contributed by atoms with Crippen LogP contribution in [0.3, 0.4) is 0 Å². The Hall–Kier alpha value is -1.32. The summed E-state index contributed by atoms with van der Waals surface area (Å²) in [6.07, 6.45) is 3.15. The van der Waals surface area contributed by atoms with Gasteiger partial charge >= 0.3 is 0 Å². The first-order chi connectivity index (χ1) is 9.21. The van der Waals surface area contributed by atoms with E-state index < -0.39 is 10.8 Å². The van der Waals surface area contributed by atoms with Gasteiger partial charge in [-0.15, -0.1) is 11.8 Å². The zero-order valence-corrected chi connectivity index (χ0v) is 12.6. The fourth-order valence-corrected chi connectivity index (χ4v) is 2.47. The molecular weight excluding hydrogens is 280 g/mol. The highest BCUT2D eigenvalue weighted by Gasteiger charge is 2.03. The Kier molecular flexibility index (Phi) is 7.23. The van der Waals surface area contributed by atoms with E-state index in [4.69, 9.17) is 10.00 Å². The summed E-state index contributed by atoms with van der Waals surface area (Å²) >= 11 is 1.54. The van der Waals surface area contributed by atoms with Gasteiger partial charge in [-0.25, -0.2) is 4.99 Å². The lowest BCUT2D eigenvalue weighted by atomic mass is 10.3. The van der Waals surface area contributed by atoms with E-state index in [2.05, 4.69) is 4.99 Å². The number of rotatable bonds is 7. The molecule has 1 atom stereocenters.